The first-order valence-corrected chi connectivity index (χ1v) is 13.4. The summed E-state index contributed by atoms with van der Waals surface area (Å²) in [6.07, 6.45) is 0.408. The van der Waals surface area contributed by atoms with E-state index in [0.717, 1.165) is 21.2 Å². The fraction of sp³-hybridized carbons (Fsp3) is 0.231. The highest BCUT2D eigenvalue weighted by Crippen LogP contribution is 2.25. The molecular weight excluding hydrogens is 555 g/mol. The van der Waals surface area contributed by atoms with Crippen molar-refractivity contribution in [3.8, 4) is 0 Å². The summed E-state index contributed by atoms with van der Waals surface area (Å²) in [6.45, 7) is 0.249. The summed E-state index contributed by atoms with van der Waals surface area (Å²) in [6, 6.07) is 22.3. The topological polar surface area (TPSA) is 49.4 Å². The molecule has 178 valence electrons. The summed E-state index contributed by atoms with van der Waals surface area (Å²) in [7, 11) is 1.59. The lowest BCUT2D eigenvalue weighted by molar-refractivity contribution is -0.139. The van der Waals surface area contributed by atoms with Crippen molar-refractivity contribution >= 4 is 62.7 Å². The first kappa shape index (κ1) is 26.6. The van der Waals surface area contributed by atoms with Gasteiger partial charge in [0.05, 0.1) is 15.8 Å². The maximum Gasteiger partial charge on any atom is 0.242 e. The van der Waals surface area contributed by atoms with Crippen LogP contribution in [0.15, 0.2) is 77.3 Å². The van der Waals surface area contributed by atoms with Crippen LogP contribution in [0.2, 0.25) is 10.0 Å². The number of hydrogen-bond acceptors (Lipinski definition) is 3. The number of nitrogens with one attached hydrogen (secondary N) is 1. The molecule has 0 aromatic heterocycles. The van der Waals surface area contributed by atoms with Gasteiger partial charge in [0.15, 0.2) is 0 Å². The number of thioether (sulfide) groups is 1. The molecule has 1 atom stereocenters. The third-order valence-electron chi connectivity index (χ3n) is 5.26. The number of rotatable bonds is 10. The highest BCUT2D eigenvalue weighted by Gasteiger charge is 2.29. The Bertz CT molecular complexity index is 1110. The van der Waals surface area contributed by atoms with Gasteiger partial charge in [-0.05, 0) is 41.0 Å². The SMILES string of the molecule is CNC(=O)[C@@H](Cc1ccccc1)N(Cc1ccc(Cl)c(Cl)c1)C(=O)CSCc1ccc(Br)cc1. The molecule has 0 fully saturated rings. The summed E-state index contributed by atoms with van der Waals surface area (Å²) in [5.74, 6) is 0.621. The van der Waals surface area contributed by atoms with Gasteiger partial charge in [0, 0.05) is 30.2 Å². The van der Waals surface area contributed by atoms with Gasteiger partial charge in [0.1, 0.15) is 6.04 Å². The van der Waals surface area contributed by atoms with E-state index >= 15 is 0 Å². The molecule has 0 aliphatic heterocycles. The van der Waals surface area contributed by atoms with E-state index < -0.39 is 6.04 Å². The third kappa shape index (κ3) is 7.77. The molecule has 34 heavy (non-hydrogen) atoms. The maximum absolute atomic E-state index is 13.5. The highest BCUT2D eigenvalue weighted by atomic mass is 79.9. The fourth-order valence-electron chi connectivity index (χ4n) is 3.47. The number of halogens is 3. The van der Waals surface area contributed by atoms with E-state index in [1.54, 1.807) is 24.1 Å². The Morgan fingerprint density at radius 3 is 2.26 bits per heavy atom. The second kappa shape index (κ2) is 13.2. The predicted octanol–water partition coefficient (Wildman–Crippen LogP) is 6.38. The van der Waals surface area contributed by atoms with Crippen LogP contribution in [-0.4, -0.2) is 35.6 Å². The first-order valence-electron chi connectivity index (χ1n) is 10.7. The number of carbonyl (C=O) groups is 2. The smallest absolute Gasteiger partial charge is 0.242 e. The van der Waals surface area contributed by atoms with E-state index in [1.165, 1.54) is 11.8 Å². The van der Waals surface area contributed by atoms with E-state index in [9.17, 15) is 9.59 Å². The van der Waals surface area contributed by atoms with Gasteiger partial charge in [0.2, 0.25) is 11.8 Å². The van der Waals surface area contributed by atoms with Crippen LogP contribution in [-0.2, 0) is 28.3 Å². The van der Waals surface area contributed by atoms with Crippen molar-refractivity contribution in [2.75, 3.05) is 12.8 Å². The van der Waals surface area contributed by atoms with Crippen LogP contribution < -0.4 is 5.32 Å². The van der Waals surface area contributed by atoms with Crippen LogP contribution in [0.5, 0.6) is 0 Å². The van der Waals surface area contributed by atoms with E-state index in [-0.39, 0.29) is 24.1 Å². The van der Waals surface area contributed by atoms with Crippen molar-refractivity contribution in [3.05, 3.63) is 104 Å². The van der Waals surface area contributed by atoms with Gasteiger partial charge in [0.25, 0.3) is 0 Å². The number of nitrogens with zero attached hydrogens (tertiary/aromatic N) is 1. The molecule has 0 bridgehead atoms. The van der Waals surface area contributed by atoms with Crippen molar-refractivity contribution < 1.29 is 9.59 Å². The quantitative estimate of drug-likeness (QED) is 0.303. The molecule has 4 nitrogen and oxygen atoms in total. The van der Waals surface area contributed by atoms with Gasteiger partial charge in [-0.2, -0.15) is 0 Å². The van der Waals surface area contributed by atoms with Crippen molar-refractivity contribution in [2.45, 2.75) is 24.8 Å². The van der Waals surface area contributed by atoms with Crippen LogP contribution in [0.4, 0.5) is 0 Å². The van der Waals surface area contributed by atoms with Crippen LogP contribution in [0, 0.1) is 0 Å². The van der Waals surface area contributed by atoms with Gasteiger partial charge in [-0.1, -0.05) is 87.7 Å². The molecule has 0 radical (unpaired) electrons. The monoisotopic (exact) mass is 578 g/mol. The Labute approximate surface area is 223 Å². The lowest BCUT2D eigenvalue weighted by atomic mass is 10.0. The lowest BCUT2D eigenvalue weighted by Crippen LogP contribution is -2.50. The largest absolute Gasteiger partial charge is 0.357 e. The molecule has 0 spiro atoms. The Kier molecular flexibility index (Phi) is 10.3. The van der Waals surface area contributed by atoms with Crippen molar-refractivity contribution in [2.24, 2.45) is 0 Å². The zero-order valence-corrected chi connectivity index (χ0v) is 22.6. The Balaban J connectivity index is 1.82. The predicted molar refractivity (Wildman–Crippen MR) is 145 cm³/mol. The second-order valence-corrected chi connectivity index (χ2v) is 10.4. The van der Waals surface area contributed by atoms with Crippen LogP contribution in [0.1, 0.15) is 16.7 Å². The lowest BCUT2D eigenvalue weighted by Gasteiger charge is -2.31. The molecule has 0 saturated heterocycles. The average Bonchev–Trinajstić information content (AvgIpc) is 2.84. The van der Waals surface area contributed by atoms with E-state index in [4.69, 9.17) is 23.2 Å². The Hall–Kier alpha value is -1.99. The van der Waals surface area contributed by atoms with Gasteiger partial charge in [-0.25, -0.2) is 0 Å². The Morgan fingerprint density at radius 1 is 0.941 bits per heavy atom. The van der Waals surface area contributed by atoms with Crippen molar-refractivity contribution in [3.63, 3.8) is 0 Å². The number of hydrogen-bond donors (Lipinski definition) is 1. The Morgan fingerprint density at radius 2 is 1.62 bits per heavy atom. The van der Waals surface area contributed by atoms with E-state index in [2.05, 4.69) is 21.2 Å². The molecule has 0 aliphatic carbocycles. The van der Waals surface area contributed by atoms with E-state index in [0.29, 0.717) is 22.2 Å². The van der Waals surface area contributed by atoms with Crippen LogP contribution >= 0.6 is 50.9 Å². The minimum Gasteiger partial charge on any atom is -0.357 e. The average molecular weight is 580 g/mol. The number of likely N-dealkylation sites (N-methyl/N-ethyl adjacent to an activating group) is 1. The first-order chi connectivity index (χ1) is 16.4. The fourth-order valence-corrected chi connectivity index (χ4v) is 4.93. The summed E-state index contributed by atoms with van der Waals surface area (Å²) >= 11 is 17.3. The van der Waals surface area contributed by atoms with Gasteiger partial charge in [-0.3, -0.25) is 9.59 Å². The molecule has 0 aliphatic rings. The minimum atomic E-state index is -0.664. The molecule has 0 unspecified atom stereocenters. The molecule has 3 rings (SSSR count). The number of benzene rings is 3. The molecule has 3 aromatic rings. The highest BCUT2D eigenvalue weighted by molar-refractivity contribution is 9.10. The second-order valence-electron chi connectivity index (χ2n) is 7.71. The van der Waals surface area contributed by atoms with E-state index in [1.807, 2.05) is 60.7 Å². The molecule has 2 amide bonds. The standard InChI is InChI=1S/C26H25BrCl2N2O2S/c1-30-26(33)24(14-18-5-3-2-4-6-18)31(15-20-9-12-22(28)23(29)13-20)25(32)17-34-16-19-7-10-21(27)11-8-19/h2-13,24H,14-17H2,1H3,(H,30,33)/t24-/m1/s1. The third-order valence-corrected chi connectivity index (χ3v) is 7.52. The van der Waals surface area contributed by atoms with Crippen molar-refractivity contribution in [1.29, 1.82) is 0 Å². The number of carbonyl (C=O) groups excluding carboxylic acids is 2. The molecule has 3 aromatic carbocycles. The number of amides is 2. The minimum absolute atomic E-state index is 0.113. The normalized spacial score (nSPS) is 11.6. The van der Waals surface area contributed by atoms with Gasteiger partial charge < -0.3 is 10.2 Å². The molecular formula is C26H25BrCl2N2O2S. The zero-order chi connectivity index (χ0) is 24.5. The van der Waals surface area contributed by atoms with Crippen LogP contribution in [0.25, 0.3) is 0 Å². The van der Waals surface area contributed by atoms with Gasteiger partial charge in [-0.15, -0.1) is 11.8 Å². The summed E-state index contributed by atoms with van der Waals surface area (Å²) in [4.78, 5) is 28.0. The van der Waals surface area contributed by atoms with Crippen LogP contribution in [0.3, 0.4) is 0 Å². The van der Waals surface area contributed by atoms with Gasteiger partial charge >= 0.3 is 0 Å². The molecule has 0 heterocycles. The molecule has 1 N–H and O–H groups in total. The molecule has 8 heteroatoms. The van der Waals surface area contributed by atoms with Crippen molar-refractivity contribution in [1.82, 2.24) is 10.2 Å². The summed E-state index contributed by atoms with van der Waals surface area (Å²) < 4.78 is 1.01. The molecule has 0 saturated carbocycles. The summed E-state index contributed by atoms with van der Waals surface area (Å²) in [5, 5.41) is 3.58. The summed E-state index contributed by atoms with van der Waals surface area (Å²) in [5.41, 5.74) is 2.91. The zero-order valence-electron chi connectivity index (χ0n) is 18.6. The maximum atomic E-state index is 13.5.